The maximum absolute atomic E-state index is 15.0. The molecule has 1 amide bonds. The summed E-state index contributed by atoms with van der Waals surface area (Å²) in [4.78, 5) is 31.7. The van der Waals surface area contributed by atoms with Gasteiger partial charge in [0.1, 0.15) is 23.4 Å². The summed E-state index contributed by atoms with van der Waals surface area (Å²) in [5, 5.41) is 24.2. The Morgan fingerprint density at radius 3 is 2.17 bits per heavy atom. The molecule has 8 rings (SSSR count). The summed E-state index contributed by atoms with van der Waals surface area (Å²) >= 11 is 0. The van der Waals surface area contributed by atoms with E-state index in [4.69, 9.17) is 14.5 Å². The Bertz CT molecular complexity index is 2640. The number of carbonyl (C=O) groups excluding carboxylic acids is 1. The van der Waals surface area contributed by atoms with Crippen LogP contribution >= 0.6 is 0 Å². The van der Waals surface area contributed by atoms with E-state index >= 15 is 0 Å². The summed E-state index contributed by atoms with van der Waals surface area (Å²) in [6.45, 7) is 29.9. The molecule has 6 N–H and O–H groups in total. The fourth-order valence-corrected chi connectivity index (χ4v) is 17.0. The Hall–Kier alpha value is -4.15. The van der Waals surface area contributed by atoms with Crippen molar-refractivity contribution in [1.29, 1.82) is 0 Å². The first-order valence-electron chi connectivity index (χ1n) is 37.3. The number of hydrogen-bond donors (Lipinski definition) is 6. The number of nitrogens with zero attached hydrogens (tertiary/aromatic N) is 6. The molecule has 1 aromatic carbocycles. The molecule has 3 saturated carbocycles. The number of aryl methyl sites for hydroxylation is 1. The number of halogens is 5. The molecule has 0 radical (unpaired) electrons. The van der Waals surface area contributed by atoms with Crippen LogP contribution in [-0.4, -0.2) is 182 Å². The van der Waals surface area contributed by atoms with Crippen LogP contribution < -0.4 is 31.9 Å². The molecule has 3 saturated heterocycles. The summed E-state index contributed by atoms with van der Waals surface area (Å²) in [5.41, 5.74) is 1.16. The number of amides is 1. The van der Waals surface area contributed by atoms with Gasteiger partial charge in [-0.25, -0.2) is 8.78 Å². The number of alkyl halides is 3. The van der Waals surface area contributed by atoms with E-state index in [2.05, 4.69) is 133 Å². The van der Waals surface area contributed by atoms with Gasteiger partial charge in [-0.15, -0.1) is 0 Å². The third-order valence-electron chi connectivity index (χ3n) is 22.7. The maximum Gasteiger partial charge on any atom is 0.422 e. The van der Waals surface area contributed by atoms with Crippen LogP contribution in [0.15, 0.2) is 65.6 Å². The molecule has 95 heavy (non-hydrogen) atoms. The second-order valence-electron chi connectivity index (χ2n) is 30.2. The first-order valence-corrected chi connectivity index (χ1v) is 37.3. The van der Waals surface area contributed by atoms with Gasteiger partial charge >= 0.3 is 6.18 Å². The average Bonchev–Trinajstić information content (AvgIpc) is 1.31. The highest BCUT2D eigenvalue weighted by Crippen LogP contribution is 2.44. The molecule has 4 aliphatic heterocycles. The van der Waals surface area contributed by atoms with Crippen molar-refractivity contribution in [3.63, 3.8) is 0 Å². The second kappa shape index (κ2) is 36.8. The van der Waals surface area contributed by atoms with Gasteiger partial charge in [-0.05, 0) is 153 Å². The lowest BCUT2D eigenvalue weighted by atomic mass is 9.74. The lowest BCUT2D eigenvalue weighted by Crippen LogP contribution is -2.76. The van der Waals surface area contributed by atoms with Gasteiger partial charge < -0.3 is 61.0 Å². The van der Waals surface area contributed by atoms with Crippen LogP contribution in [0.1, 0.15) is 202 Å². The first-order chi connectivity index (χ1) is 45.5. The number of aliphatic imine (C=N–C) groups is 1. The van der Waals surface area contributed by atoms with E-state index in [1.54, 1.807) is 12.4 Å². The minimum Gasteiger partial charge on any atom is -0.378 e. The van der Waals surface area contributed by atoms with Crippen LogP contribution in [0.3, 0.4) is 0 Å². The molecule has 1 spiro atoms. The van der Waals surface area contributed by atoms with Gasteiger partial charge in [0.15, 0.2) is 0 Å². The van der Waals surface area contributed by atoms with E-state index in [1.807, 2.05) is 31.1 Å². The zero-order valence-corrected chi connectivity index (χ0v) is 60.3. The minimum absolute atomic E-state index is 0.0309. The fraction of sp³-hybridized carbons (Fsp3) is 0.787. The van der Waals surface area contributed by atoms with Gasteiger partial charge in [0.05, 0.1) is 19.1 Å². The lowest BCUT2D eigenvalue weighted by molar-refractivity contribution is -0.165. The Balaban J connectivity index is 1.13. The molecule has 20 heteroatoms. The van der Waals surface area contributed by atoms with E-state index in [1.165, 1.54) is 69.2 Å². The zero-order valence-electron chi connectivity index (χ0n) is 60.3. The van der Waals surface area contributed by atoms with Crippen molar-refractivity contribution in [2.45, 2.75) is 270 Å². The number of carbonyl (C=O) groups is 1. The van der Waals surface area contributed by atoms with E-state index in [0.29, 0.717) is 68.8 Å². The molecule has 7 aliphatic rings. The van der Waals surface area contributed by atoms with Crippen LogP contribution in [0.4, 0.5) is 22.0 Å². The topological polar surface area (TPSA) is 136 Å². The van der Waals surface area contributed by atoms with Crippen molar-refractivity contribution in [1.82, 2.24) is 56.4 Å². The third-order valence-corrected chi connectivity index (χ3v) is 22.7. The van der Waals surface area contributed by atoms with Crippen LogP contribution in [0.2, 0.25) is 0 Å². The fourth-order valence-electron chi connectivity index (χ4n) is 17.0. The number of fused-ring (bicyclic) bond motifs is 2. The largest absolute Gasteiger partial charge is 0.422 e. The van der Waals surface area contributed by atoms with Crippen LogP contribution in [0, 0.1) is 41.2 Å². The average molecular weight is 1340 g/mol. The summed E-state index contributed by atoms with van der Waals surface area (Å²) in [6, 6.07) is 3.11. The van der Waals surface area contributed by atoms with Gasteiger partial charge in [0.25, 0.3) is 0 Å². The predicted octanol–water partition coefficient (Wildman–Crippen LogP) is 12.7. The van der Waals surface area contributed by atoms with Gasteiger partial charge in [-0.3, -0.25) is 14.7 Å². The maximum atomic E-state index is 15.0. The number of morpholine rings is 1. The highest BCUT2D eigenvalue weighted by Gasteiger charge is 2.56. The molecule has 6 fully saturated rings. The minimum atomic E-state index is -5.16. The number of benzene rings is 1. The third kappa shape index (κ3) is 21.4. The number of nitrogens with one attached hydrogen (secondary N) is 6. The van der Waals surface area contributed by atoms with Crippen molar-refractivity contribution < 1.29 is 36.2 Å². The van der Waals surface area contributed by atoms with Crippen molar-refractivity contribution >= 4 is 11.6 Å². The SMILES string of the molecule is CCO[C@@H]1CNCC2(CCCC2)NC(C)[C@H](C2CCCC2)N2C(C)[C@H](C(=O)N3CCOCC3)C2CNC(C)[C@H](CC(C)C)NC[C@H]([C@@H](C)CC)NC(C)[C@H](C)N2CCCC2=CN(C)C(CC2CCCCC2)=CN(C)C=CN=C(CCc2cc(F)c(C(F)(F)F)c(F)c2)C=CN1. The first kappa shape index (κ1) is 76.6. The van der Waals surface area contributed by atoms with Gasteiger partial charge in [0.2, 0.25) is 5.91 Å². The van der Waals surface area contributed by atoms with Gasteiger partial charge in [-0.1, -0.05) is 91.9 Å². The van der Waals surface area contributed by atoms with E-state index in [0.717, 1.165) is 96.1 Å². The molecular weight excluding hydrogens is 1210 g/mol. The Labute approximate surface area is 569 Å². The van der Waals surface area contributed by atoms with Gasteiger partial charge in [-0.2, -0.15) is 13.2 Å². The molecule has 538 valence electrons. The van der Waals surface area contributed by atoms with Gasteiger partial charge in [0, 0.05) is 175 Å². The molecule has 12 atom stereocenters. The molecule has 15 nitrogen and oxygen atoms in total. The Morgan fingerprint density at radius 2 is 1.51 bits per heavy atom. The zero-order chi connectivity index (χ0) is 68.4. The van der Waals surface area contributed by atoms with Crippen molar-refractivity contribution in [3.05, 3.63) is 83.4 Å². The Kier molecular flexibility index (Phi) is 29.7. The highest BCUT2D eigenvalue weighted by atomic mass is 19.4. The standard InChI is InChI=1S/C75H125F5N12O3/c1-13-52(5)67-45-85-66(41-51(3)4)54(7)84-46-68-70(73(93)90-37-39-94-40-38-90)57(10)92(68)72(60-25-18-19-26-60)55(8)87-74(31-20-21-32-74)50-81-47-69(95-14-2)83-33-30-61(29-28-59-43-64(76)71(65(77)44-59)75(78,79)80)82-34-36-88(11)48-63(42-58-23-16-15-17-24-58)89(12)49-62-27-22-35-91(62)56(9)53(6)86-67/h30,33-34,36,43-44,48-49,51-58,60,66-70,72,81,83-87H,13-29,31-32,35,37-42,45-47,50H2,1-12H3/t52-,53?,54?,55?,56-,57?,66-,67+,68?,69+,70-,72+/m0/s1. The van der Waals surface area contributed by atoms with Crippen molar-refractivity contribution in [3.8, 4) is 0 Å². The van der Waals surface area contributed by atoms with E-state index in [-0.39, 0.29) is 90.1 Å². The van der Waals surface area contributed by atoms with Crippen molar-refractivity contribution in [2.24, 2.45) is 34.6 Å². The quantitative estimate of drug-likeness (QED) is 0.105. The van der Waals surface area contributed by atoms with E-state index < -0.39 is 29.6 Å². The summed E-state index contributed by atoms with van der Waals surface area (Å²) in [6.07, 6.45) is 26.8. The summed E-state index contributed by atoms with van der Waals surface area (Å²) in [7, 11) is 4.18. The number of hydrogen-bond acceptors (Lipinski definition) is 14. The second-order valence-corrected chi connectivity index (χ2v) is 30.2. The number of ether oxygens (including phenoxy) is 2. The molecule has 1 aromatic rings. The van der Waals surface area contributed by atoms with Crippen molar-refractivity contribution in [2.75, 3.05) is 79.7 Å². The molecule has 3 aliphatic carbocycles. The normalized spacial score (nSPS) is 30.7. The van der Waals surface area contributed by atoms with E-state index in [9.17, 15) is 26.7 Å². The Morgan fingerprint density at radius 1 is 0.811 bits per heavy atom. The van der Waals surface area contributed by atoms with Crippen LogP contribution in [-0.2, 0) is 26.9 Å². The smallest absolute Gasteiger partial charge is 0.378 e. The molecule has 5 unspecified atom stereocenters. The number of allylic oxidation sites excluding steroid dienone is 3. The molecule has 4 heterocycles. The monoisotopic (exact) mass is 1340 g/mol. The molecular formula is C75H125F5N12O3. The van der Waals surface area contributed by atoms with Crippen LogP contribution in [0.25, 0.3) is 0 Å². The summed E-state index contributed by atoms with van der Waals surface area (Å²) in [5.74, 6) is -1.12. The van der Waals surface area contributed by atoms with Crippen LogP contribution in [0.5, 0.6) is 0 Å². The predicted molar refractivity (Wildman–Crippen MR) is 375 cm³/mol. The lowest BCUT2D eigenvalue weighted by Gasteiger charge is -2.60. The molecule has 0 bridgehead atoms. The summed E-state index contributed by atoms with van der Waals surface area (Å²) < 4.78 is 82.9. The molecule has 0 aromatic heterocycles. The number of rotatable bonds is 13. The highest BCUT2D eigenvalue weighted by molar-refractivity contribution is 5.95.